The SMILES string of the molecule is CC(C)Cn1c(=O)[nH]c(Cl)c(C(C)C)c1=O. The Kier molecular flexibility index (Phi) is 3.97. The summed E-state index contributed by atoms with van der Waals surface area (Å²) in [6, 6.07) is 0. The Balaban J connectivity index is 3.46. The molecule has 16 heavy (non-hydrogen) atoms. The molecule has 4 nitrogen and oxygen atoms in total. The van der Waals surface area contributed by atoms with Crippen molar-refractivity contribution in [1.29, 1.82) is 0 Å². The van der Waals surface area contributed by atoms with Crippen LogP contribution in [0.25, 0.3) is 0 Å². The van der Waals surface area contributed by atoms with E-state index in [-0.39, 0.29) is 22.5 Å². The van der Waals surface area contributed by atoms with Crippen LogP contribution < -0.4 is 11.2 Å². The number of hydrogen-bond donors (Lipinski definition) is 1. The topological polar surface area (TPSA) is 54.9 Å². The van der Waals surface area contributed by atoms with E-state index in [1.165, 1.54) is 4.57 Å². The van der Waals surface area contributed by atoms with Gasteiger partial charge in [-0.3, -0.25) is 14.3 Å². The lowest BCUT2D eigenvalue weighted by Crippen LogP contribution is -2.38. The van der Waals surface area contributed by atoms with Crippen molar-refractivity contribution in [3.63, 3.8) is 0 Å². The number of halogens is 1. The first kappa shape index (κ1) is 13.0. The molecule has 0 fully saturated rings. The molecular formula is C11H17ClN2O2. The van der Waals surface area contributed by atoms with Crippen LogP contribution in [0.2, 0.25) is 5.15 Å². The van der Waals surface area contributed by atoms with Crippen molar-refractivity contribution < 1.29 is 0 Å². The predicted octanol–water partition coefficient (Wildman–Crippen LogP) is 1.97. The quantitative estimate of drug-likeness (QED) is 0.827. The number of H-pyrrole nitrogens is 1. The van der Waals surface area contributed by atoms with E-state index in [0.717, 1.165) is 0 Å². The van der Waals surface area contributed by atoms with Gasteiger partial charge in [0.2, 0.25) is 0 Å². The standard InChI is InChI=1S/C11H17ClN2O2/c1-6(2)5-14-10(15)8(7(3)4)9(12)13-11(14)16/h6-7H,5H2,1-4H3,(H,13,16). The maximum absolute atomic E-state index is 12.0. The number of aromatic amines is 1. The van der Waals surface area contributed by atoms with E-state index in [4.69, 9.17) is 11.6 Å². The van der Waals surface area contributed by atoms with Gasteiger partial charge >= 0.3 is 5.69 Å². The van der Waals surface area contributed by atoms with Crippen molar-refractivity contribution in [1.82, 2.24) is 9.55 Å². The largest absolute Gasteiger partial charge is 0.329 e. The molecule has 90 valence electrons. The van der Waals surface area contributed by atoms with Crippen molar-refractivity contribution in [2.45, 2.75) is 40.2 Å². The van der Waals surface area contributed by atoms with Crippen molar-refractivity contribution >= 4 is 11.6 Å². The fourth-order valence-electron chi connectivity index (χ4n) is 1.59. The summed E-state index contributed by atoms with van der Waals surface area (Å²) < 4.78 is 1.21. The third kappa shape index (κ3) is 2.55. The maximum atomic E-state index is 12.0. The van der Waals surface area contributed by atoms with Gasteiger partial charge in [-0.15, -0.1) is 0 Å². The molecule has 1 N–H and O–H groups in total. The summed E-state index contributed by atoms with van der Waals surface area (Å²) in [5.41, 5.74) is -0.243. The summed E-state index contributed by atoms with van der Waals surface area (Å²) in [7, 11) is 0. The number of hydrogen-bond acceptors (Lipinski definition) is 2. The molecule has 1 rings (SSSR count). The Morgan fingerprint density at radius 3 is 2.25 bits per heavy atom. The Hall–Kier alpha value is -1.03. The highest BCUT2D eigenvalue weighted by molar-refractivity contribution is 6.30. The van der Waals surface area contributed by atoms with Crippen LogP contribution in [0.15, 0.2) is 9.59 Å². The second-order valence-electron chi connectivity index (χ2n) is 4.62. The van der Waals surface area contributed by atoms with Crippen LogP contribution >= 0.6 is 11.6 Å². The van der Waals surface area contributed by atoms with Crippen LogP contribution in [0.3, 0.4) is 0 Å². The Morgan fingerprint density at radius 2 is 1.81 bits per heavy atom. The lowest BCUT2D eigenvalue weighted by Gasteiger charge is -2.12. The average Bonchev–Trinajstić information content (AvgIpc) is 2.10. The fourth-order valence-corrected chi connectivity index (χ4v) is 1.97. The molecule has 0 bridgehead atoms. The van der Waals surface area contributed by atoms with Crippen LogP contribution in [0, 0.1) is 5.92 Å². The van der Waals surface area contributed by atoms with Crippen LogP contribution in [0.1, 0.15) is 39.2 Å². The first-order chi connectivity index (χ1) is 7.34. The number of nitrogens with one attached hydrogen (secondary N) is 1. The molecule has 0 atom stereocenters. The molecular weight excluding hydrogens is 228 g/mol. The van der Waals surface area contributed by atoms with Gasteiger partial charge in [-0.1, -0.05) is 39.3 Å². The smallest absolute Gasteiger partial charge is 0.297 e. The third-order valence-electron chi connectivity index (χ3n) is 2.30. The van der Waals surface area contributed by atoms with Gasteiger partial charge in [-0.25, -0.2) is 4.79 Å². The van der Waals surface area contributed by atoms with Crippen molar-refractivity contribution in [2.75, 3.05) is 0 Å². The molecule has 0 saturated heterocycles. The van der Waals surface area contributed by atoms with Crippen molar-refractivity contribution in [3.8, 4) is 0 Å². The monoisotopic (exact) mass is 244 g/mol. The fraction of sp³-hybridized carbons (Fsp3) is 0.636. The van der Waals surface area contributed by atoms with E-state index < -0.39 is 5.69 Å². The highest BCUT2D eigenvalue weighted by atomic mass is 35.5. The van der Waals surface area contributed by atoms with Crippen molar-refractivity contribution in [3.05, 3.63) is 31.6 Å². The zero-order valence-electron chi connectivity index (χ0n) is 10.0. The van der Waals surface area contributed by atoms with E-state index in [0.29, 0.717) is 12.1 Å². The molecule has 1 aromatic heterocycles. The Morgan fingerprint density at radius 1 is 1.25 bits per heavy atom. The lowest BCUT2D eigenvalue weighted by atomic mass is 10.1. The molecule has 0 aromatic carbocycles. The van der Waals surface area contributed by atoms with Crippen LogP contribution in [-0.4, -0.2) is 9.55 Å². The van der Waals surface area contributed by atoms with E-state index in [9.17, 15) is 9.59 Å². The minimum absolute atomic E-state index is 0.00439. The van der Waals surface area contributed by atoms with Gasteiger partial charge in [0.1, 0.15) is 5.15 Å². The van der Waals surface area contributed by atoms with Gasteiger partial charge in [-0.2, -0.15) is 0 Å². The number of nitrogens with zero attached hydrogens (tertiary/aromatic N) is 1. The van der Waals surface area contributed by atoms with Crippen LogP contribution in [0.5, 0.6) is 0 Å². The molecule has 0 unspecified atom stereocenters. The predicted molar refractivity (Wildman–Crippen MR) is 65.3 cm³/mol. The van der Waals surface area contributed by atoms with E-state index in [2.05, 4.69) is 4.98 Å². The van der Waals surface area contributed by atoms with E-state index in [1.807, 2.05) is 27.7 Å². The zero-order chi connectivity index (χ0) is 12.5. The summed E-state index contributed by atoms with van der Waals surface area (Å²) in [5, 5.41) is 0.157. The maximum Gasteiger partial charge on any atom is 0.329 e. The van der Waals surface area contributed by atoms with Crippen LogP contribution in [-0.2, 0) is 6.54 Å². The van der Waals surface area contributed by atoms with Gasteiger partial charge in [0.05, 0.1) is 5.56 Å². The molecule has 1 heterocycles. The van der Waals surface area contributed by atoms with Gasteiger partial charge in [0.15, 0.2) is 0 Å². The molecule has 0 aliphatic rings. The molecule has 5 heteroatoms. The van der Waals surface area contributed by atoms with E-state index >= 15 is 0 Å². The molecule has 0 spiro atoms. The Labute approximate surface area is 99.3 Å². The van der Waals surface area contributed by atoms with Crippen molar-refractivity contribution in [2.24, 2.45) is 5.92 Å². The first-order valence-electron chi connectivity index (χ1n) is 5.37. The van der Waals surface area contributed by atoms with Gasteiger partial charge in [-0.05, 0) is 11.8 Å². The summed E-state index contributed by atoms with van der Waals surface area (Å²) in [6.45, 7) is 8.07. The first-order valence-corrected chi connectivity index (χ1v) is 5.74. The molecule has 0 aliphatic heterocycles. The Bertz CT molecular complexity index is 486. The average molecular weight is 245 g/mol. The highest BCUT2D eigenvalue weighted by Gasteiger charge is 2.15. The second kappa shape index (κ2) is 4.87. The summed E-state index contributed by atoms with van der Waals surface area (Å²) in [6.07, 6.45) is 0. The van der Waals surface area contributed by atoms with Gasteiger partial charge in [0, 0.05) is 6.54 Å². The second-order valence-corrected chi connectivity index (χ2v) is 5.00. The van der Waals surface area contributed by atoms with Gasteiger partial charge in [0.25, 0.3) is 5.56 Å². The summed E-state index contributed by atoms with van der Waals surface area (Å²) in [5.74, 6) is 0.232. The summed E-state index contributed by atoms with van der Waals surface area (Å²) in [4.78, 5) is 26.1. The van der Waals surface area contributed by atoms with E-state index in [1.54, 1.807) is 0 Å². The highest BCUT2D eigenvalue weighted by Crippen LogP contribution is 2.16. The molecule has 1 aromatic rings. The molecule has 0 radical (unpaired) electrons. The molecule has 0 saturated carbocycles. The zero-order valence-corrected chi connectivity index (χ0v) is 10.8. The minimum atomic E-state index is -0.437. The molecule has 0 aliphatic carbocycles. The minimum Gasteiger partial charge on any atom is -0.297 e. The normalized spacial score (nSPS) is 11.4. The number of rotatable bonds is 3. The molecule has 0 amide bonds. The summed E-state index contributed by atoms with van der Waals surface area (Å²) >= 11 is 5.87. The third-order valence-corrected chi connectivity index (χ3v) is 2.60. The lowest BCUT2D eigenvalue weighted by molar-refractivity contribution is 0.487. The van der Waals surface area contributed by atoms with Gasteiger partial charge < -0.3 is 0 Å². The van der Waals surface area contributed by atoms with Crippen LogP contribution in [0.4, 0.5) is 0 Å². The number of aromatic nitrogens is 2.